The van der Waals surface area contributed by atoms with Gasteiger partial charge in [-0.3, -0.25) is 4.79 Å². The van der Waals surface area contributed by atoms with Crippen LogP contribution in [-0.4, -0.2) is 26.7 Å². The number of rotatable bonds is 10. The van der Waals surface area contributed by atoms with Crippen molar-refractivity contribution in [3.63, 3.8) is 0 Å². The van der Waals surface area contributed by atoms with E-state index in [0.29, 0.717) is 49.8 Å². The Balaban J connectivity index is 1.78. The van der Waals surface area contributed by atoms with Gasteiger partial charge >= 0.3 is 0 Å². The van der Waals surface area contributed by atoms with Crippen LogP contribution in [0.2, 0.25) is 10.0 Å². The Morgan fingerprint density at radius 2 is 1.71 bits per heavy atom. The summed E-state index contributed by atoms with van der Waals surface area (Å²) in [4.78, 5) is 12.6. The van der Waals surface area contributed by atoms with Crippen molar-refractivity contribution in [2.24, 2.45) is 0 Å². The SMILES string of the molecule is CCOc1cc(/C=C/C(=O)Nc2cc(OC)c(Cl)cc2OC)cc(Br)c1OCc1ccccc1Cl. The van der Waals surface area contributed by atoms with Crippen molar-refractivity contribution in [2.75, 3.05) is 26.1 Å². The second-order valence-electron chi connectivity index (χ2n) is 7.15. The topological polar surface area (TPSA) is 66.0 Å². The van der Waals surface area contributed by atoms with E-state index < -0.39 is 0 Å². The highest BCUT2D eigenvalue weighted by Crippen LogP contribution is 2.38. The summed E-state index contributed by atoms with van der Waals surface area (Å²) in [6.45, 7) is 2.61. The van der Waals surface area contributed by atoms with Gasteiger partial charge in [0.05, 0.1) is 36.0 Å². The highest BCUT2D eigenvalue weighted by atomic mass is 79.9. The van der Waals surface area contributed by atoms with Gasteiger partial charge in [0.25, 0.3) is 0 Å². The first kappa shape index (κ1) is 26.7. The van der Waals surface area contributed by atoms with Gasteiger partial charge < -0.3 is 24.3 Å². The first-order chi connectivity index (χ1) is 16.9. The highest BCUT2D eigenvalue weighted by Gasteiger charge is 2.14. The fourth-order valence-corrected chi connectivity index (χ4v) is 4.15. The molecule has 184 valence electrons. The maximum atomic E-state index is 12.6. The molecule has 0 radical (unpaired) electrons. The Morgan fingerprint density at radius 1 is 0.971 bits per heavy atom. The maximum absolute atomic E-state index is 12.6. The van der Waals surface area contributed by atoms with Gasteiger partial charge in [0.2, 0.25) is 5.91 Å². The zero-order valence-corrected chi connectivity index (χ0v) is 22.5. The van der Waals surface area contributed by atoms with Gasteiger partial charge in [0.1, 0.15) is 18.1 Å². The molecule has 9 heteroatoms. The molecule has 3 aromatic rings. The number of benzene rings is 3. The summed E-state index contributed by atoms with van der Waals surface area (Å²) >= 11 is 15.9. The van der Waals surface area contributed by atoms with Crippen molar-refractivity contribution in [3.8, 4) is 23.0 Å². The molecule has 0 aliphatic carbocycles. The molecule has 3 rings (SSSR count). The summed E-state index contributed by atoms with van der Waals surface area (Å²) in [7, 11) is 2.99. The summed E-state index contributed by atoms with van der Waals surface area (Å²) in [5, 5.41) is 3.78. The number of anilines is 1. The molecule has 35 heavy (non-hydrogen) atoms. The minimum absolute atomic E-state index is 0.280. The Labute approximate surface area is 222 Å². The van der Waals surface area contributed by atoms with E-state index in [2.05, 4.69) is 21.2 Å². The number of halogens is 3. The first-order valence-corrected chi connectivity index (χ1v) is 12.1. The summed E-state index contributed by atoms with van der Waals surface area (Å²) in [5.41, 5.74) is 2.03. The van der Waals surface area contributed by atoms with Crippen molar-refractivity contribution in [1.29, 1.82) is 0 Å². The lowest BCUT2D eigenvalue weighted by Gasteiger charge is -2.15. The summed E-state index contributed by atoms with van der Waals surface area (Å²) in [6.07, 6.45) is 3.07. The molecule has 0 aliphatic heterocycles. The number of carbonyl (C=O) groups is 1. The van der Waals surface area contributed by atoms with Crippen LogP contribution in [-0.2, 0) is 11.4 Å². The summed E-state index contributed by atoms with van der Waals surface area (Å²) < 4.78 is 23.0. The van der Waals surface area contributed by atoms with Crippen LogP contribution >= 0.6 is 39.1 Å². The van der Waals surface area contributed by atoms with Crippen molar-refractivity contribution in [1.82, 2.24) is 0 Å². The molecule has 0 atom stereocenters. The summed E-state index contributed by atoms with van der Waals surface area (Å²) in [5.74, 6) is 1.56. The molecule has 0 aromatic heterocycles. The number of carbonyl (C=O) groups excluding carboxylic acids is 1. The van der Waals surface area contributed by atoms with Crippen LogP contribution in [0.1, 0.15) is 18.1 Å². The Hall–Kier alpha value is -2.87. The Bertz CT molecular complexity index is 1230. The highest BCUT2D eigenvalue weighted by molar-refractivity contribution is 9.10. The van der Waals surface area contributed by atoms with E-state index in [0.717, 1.165) is 11.1 Å². The molecule has 0 saturated heterocycles. The number of hydrogen-bond acceptors (Lipinski definition) is 5. The lowest BCUT2D eigenvalue weighted by Crippen LogP contribution is -2.09. The maximum Gasteiger partial charge on any atom is 0.248 e. The molecular formula is C26H24BrCl2NO5. The van der Waals surface area contributed by atoms with Crippen LogP contribution in [0.15, 0.2) is 59.1 Å². The van der Waals surface area contributed by atoms with Gasteiger partial charge in [-0.15, -0.1) is 0 Å². The molecule has 0 fully saturated rings. The molecule has 0 saturated carbocycles. The van der Waals surface area contributed by atoms with Gasteiger partial charge in [-0.25, -0.2) is 0 Å². The second kappa shape index (κ2) is 12.7. The zero-order valence-electron chi connectivity index (χ0n) is 19.4. The Kier molecular flexibility index (Phi) is 9.72. The minimum Gasteiger partial charge on any atom is -0.495 e. The van der Waals surface area contributed by atoms with Crippen molar-refractivity contribution >= 4 is 56.8 Å². The number of nitrogens with one attached hydrogen (secondary N) is 1. The quantitative estimate of drug-likeness (QED) is 0.253. The normalized spacial score (nSPS) is 10.8. The van der Waals surface area contributed by atoms with Crippen LogP contribution in [0.3, 0.4) is 0 Å². The molecule has 1 amide bonds. The molecule has 0 heterocycles. The van der Waals surface area contributed by atoms with Gasteiger partial charge in [-0.05, 0) is 52.7 Å². The molecule has 0 bridgehead atoms. The van der Waals surface area contributed by atoms with Gasteiger partial charge in [-0.2, -0.15) is 0 Å². The number of methoxy groups -OCH3 is 2. The standard InChI is InChI=1S/C26H24BrCl2NO5/c1-4-34-24-12-16(11-18(27)26(24)35-15-17-7-5-6-8-19(17)28)9-10-25(31)30-21-14-22(32-2)20(29)13-23(21)33-3/h5-14H,4,15H2,1-3H3,(H,30,31)/b10-9+. The predicted octanol–water partition coefficient (Wildman–Crippen LogP) is 7.40. The third kappa shape index (κ3) is 7.07. The second-order valence-corrected chi connectivity index (χ2v) is 8.82. The van der Waals surface area contributed by atoms with Crippen LogP contribution in [0.4, 0.5) is 5.69 Å². The van der Waals surface area contributed by atoms with Crippen LogP contribution < -0.4 is 24.3 Å². The van der Waals surface area contributed by atoms with E-state index >= 15 is 0 Å². The average Bonchev–Trinajstić information content (AvgIpc) is 2.84. The van der Waals surface area contributed by atoms with Gasteiger partial charge in [-0.1, -0.05) is 41.4 Å². The summed E-state index contributed by atoms with van der Waals surface area (Å²) in [6, 6.07) is 14.3. The molecule has 6 nitrogen and oxygen atoms in total. The molecular weight excluding hydrogens is 557 g/mol. The number of hydrogen-bond donors (Lipinski definition) is 1. The van der Waals surface area contributed by atoms with E-state index in [-0.39, 0.29) is 12.5 Å². The average molecular weight is 581 g/mol. The van der Waals surface area contributed by atoms with Gasteiger partial charge in [0, 0.05) is 28.8 Å². The fraction of sp³-hybridized carbons (Fsp3) is 0.192. The fourth-order valence-electron chi connectivity index (χ4n) is 3.16. The smallest absolute Gasteiger partial charge is 0.248 e. The van der Waals surface area contributed by atoms with E-state index in [1.165, 1.54) is 20.3 Å². The molecule has 1 N–H and O–H groups in total. The van der Waals surface area contributed by atoms with Crippen LogP contribution in [0, 0.1) is 0 Å². The molecule has 0 aliphatic rings. The minimum atomic E-state index is -0.360. The van der Waals surface area contributed by atoms with Gasteiger partial charge in [0.15, 0.2) is 11.5 Å². The third-order valence-corrected chi connectivity index (χ3v) is 6.07. The van der Waals surface area contributed by atoms with E-state index in [1.807, 2.05) is 37.3 Å². The molecule has 0 unspecified atom stereocenters. The Morgan fingerprint density at radius 3 is 2.40 bits per heavy atom. The van der Waals surface area contributed by atoms with Crippen LogP contribution in [0.5, 0.6) is 23.0 Å². The van der Waals surface area contributed by atoms with E-state index in [4.69, 9.17) is 42.1 Å². The lowest BCUT2D eigenvalue weighted by atomic mass is 10.1. The van der Waals surface area contributed by atoms with Crippen molar-refractivity contribution < 1.29 is 23.7 Å². The van der Waals surface area contributed by atoms with E-state index in [1.54, 1.807) is 24.3 Å². The van der Waals surface area contributed by atoms with Crippen LogP contribution in [0.25, 0.3) is 6.08 Å². The van der Waals surface area contributed by atoms with E-state index in [9.17, 15) is 4.79 Å². The van der Waals surface area contributed by atoms with Crippen molar-refractivity contribution in [3.05, 3.63) is 80.3 Å². The monoisotopic (exact) mass is 579 g/mol. The largest absolute Gasteiger partial charge is 0.495 e. The molecule has 0 spiro atoms. The zero-order chi connectivity index (χ0) is 25.4. The van der Waals surface area contributed by atoms with Crippen molar-refractivity contribution in [2.45, 2.75) is 13.5 Å². The lowest BCUT2D eigenvalue weighted by molar-refractivity contribution is -0.111. The molecule has 3 aromatic carbocycles. The third-order valence-electron chi connectivity index (χ3n) is 4.82. The first-order valence-electron chi connectivity index (χ1n) is 10.6. The number of ether oxygens (including phenoxy) is 4. The predicted molar refractivity (Wildman–Crippen MR) is 143 cm³/mol. The number of amides is 1.